The van der Waals surface area contributed by atoms with Gasteiger partial charge in [-0.05, 0) is 32.2 Å². The summed E-state index contributed by atoms with van der Waals surface area (Å²) in [5.74, 6) is 0.543. The maximum atomic E-state index is 11.8. The third-order valence-electron chi connectivity index (χ3n) is 3.67. The van der Waals surface area contributed by atoms with Gasteiger partial charge in [0.05, 0.1) is 12.6 Å². The van der Waals surface area contributed by atoms with Crippen LogP contribution in [0.2, 0.25) is 0 Å². The average Bonchev–Trinajstić information content (AvgIpc) is 2.39. The molecule has 3 unspecified atom stereocenters. The fourth-order valence-corrected chi connectivity index (χ4v) is 2.54. The highest BCUT2D eigenvalue weighted by molar-refractivity contribution is 5.81. The molecule has 1 rings (SSSR count). The van der Waals surface area contributed by atoms with Crippen molar-refractivity contribution in [2.24, 2.45) is 11.7 Å². The molecule has 0 saturated heterocycles. The van der Waals surface area contributed by atoms with Crippen LogP contribution in [0.15, 0.2) is 0 Å². The first-order valence-corrected chi connectivity index (χ1v) is 6.91. The standard InChI is InChI=1S/C13H27N3O2/c1-10(13(17)15-7-8-18-2)16-12-6-4-3-5-11(12)9-14/h10-12,16H,3-9,14H2,1-2H3,(H,15,17). The van der Waals surface area contributed by atoms with E-state index in [1.807, 2.05) is 6.92 Å². The van der Waals surface area contributed by atoms with Crippen molar-refractivity contribution in [1.82, 2.24) is 10.6 Å². The van der Waals surface area contributed by atoms with Crippen LogP contribution in [0, 0.1) is 5.92 Å². The van der Waals surface area contributed by atoms with Gasteiger partial charge in [-0.2, -0.15) is 0 Å². The zero-order chi connectivity index (χ0) is 13.4. The third-order valence-corrected chi connectivity index (χ3v) is 3.67. The highest BCUT2D eigenvalue weighted by Gasteiger charge is 2.26. The number of carbonyl (C=O) groups is 1. The van der Waals surface area contributed by atoms with Crippen LogP contribution in [0.25, 0.3) is 0 Å². The first-order valence-electron chi connectivity index (χ1n) is 6.91. The van der Waals surface area contributed by atoms with Gasteiger partial charge in [-0.3, -0.25) is 4.79 Å². The molecule has 1 amide bonds. The Hall–Kier alpha value is -0.650. The van der Waals surface area contributed by atoms with Gasteiger partial charge in [0.15, 0.2) is 0 Å². The van der Waals surface area contributed by atoms with Crippen molar-refractivity contribution in [2.75, 3.05) is 26.8 Å². The summed E-state index contributed by atoms with van der Waals surface area (Å²) >= 11 is 0. The van der Waals surface area contributed by atoms with E-state index in [4.69, 9.17) is 10.5 Å². The van der Waals surface area contributed by atoms with E-state index in [2.05, 4.69) is 10.6 Å². The molecule has 3 atom stereocenters. The lowest BCUT2D eigenvalue weighted by atomic mass is 9.84. The van der Waals surface area contributed by atoms with Gasteiger partial charge in [-0.25, -0.2) is 0 Å². The predicted octanol–water partition coefficient (Wildman–Crippen LogP) is 0.245. The van der Waals surface area contributed by atoms with Gasteiger partial charge in [-0.15, -0.1) is 0 Å². The summed E-state index contributed by atoms with van der Waals surface area (Å²) in [4.78, 5) is 11.8. The molecule has 4 N–H and O–H groups in total. The topological polar surface area (TPSA) is 76.4 Å². The molecular formula is C13H27N3O2. The zero-order valence-corrected chi connectivity index (χ0v) is 11.6. The molecule has 0 aromatic rings. The first-order chi connectivity index (χ1) is 8.69. The van der Waals surface area contributed by atoms with Crippen molar-refractivity contribution in [2.45, 2.75) is 44.7 Å². The van der Waals surface area contributed by atoms with Crippen molar-refractivity contribution < 1.29 is 9.53 Å². The number of nitrogens with two attached hydrogens (primary N) is 1. The molecule has 0 spiro atoms. The van der Waals surface area contributed by atoms with Crippen LogP contribution in [-0.4, -0.2) is 44.8 Å². The molecular weight excluding hydrogens is 230 g/mol. The largest absolute Gasteiger partial charge is 0.383 e. The lowest BCUT2D eigenvalue weighted by Crippen LogP contribution is -2.51. The summed E-state index contributed by atoms with van der Waals surface area (Å²) in [6.45, 7) is 3.72. The lowest BCUT2D eigenvalue weighted by molar-refractivity contribution is -0.123. The molecule has 1 saturated carbocycles. The van der Waals surface area contributed by atoms with Crippen LogP contribution in [0.5, 0.6) is 0 Å². The Morgan fingerprint density at radius 3 is 2.83 bits per heavy atom. The SMILES string of the molecule is COCCNC(=O)C(C)NC1CCCCC1CN. The number of hydrogen-bond donors (Lipinski definition) is 3. The molecule has 18 heavy (non-hydrogen) atoms. The number of methoxy groups -OCH3 is 1. The Balaban J connectivity index is 2.32. The quantitative estimate of drug-likeness (QED) is 0.571. The van der Waals surface area contributed by atoms with Gasteiger partial charge in [0, 0.05) is 19.7 Å². The minimum Gasteiger partial charge on any atom is -0.383 e. The van der Waals surface area contributed by atoms with Crippen LogP contribution in [-0.2, 0) is 9.53 Å². The van der Waals surface area contributed by atoms with Gasteiger partial charge in [-0.1, -0.05) is 12.8 Å². The monoisotopic (exact) mass is 257 g/mol. The summed E-state index contributed by atoms with van der Waals surface area (Å²) in [5.41, 5.74) is 5.79. The fraction of sp³-hybridized carbons (Fsp3) is 0.923. The average molecular weight is 257 g/mol. The number of amides is 1. The van der Waals surface area contributed by atoms with E-state index in [0.29, 0.717) is 31.7 Å². The van der Waals surface area contributed by atoms with Gasteiger partial charge in [0.1, 0.15) is 0 Å². The maximum absolute atomic E-state index is 11.8. The highest BCUT2D eigenvalue weighted by Crippen LogP contribution is 2.23. The van der Waals surface area contributed by atoms with E-state index in [1.54, 1.807) is 7.11 Å². The Labute approximate surface area is 110 Å². The Bertz CT molecular complexity index is 248. The summed E-state index contributed by atoms with van der Waals surface area (Å²) in [7, 11) is 1.63. The molecule has 0 aliphatic heterocycles. The van der Waals surface area contributed by atoms with Crippen molar-refractivity contribution in [3.8, 4) is 0 Å². The van der Waals surface area contributed by atoms with E-state index in [1.165, 1.54) is 19.3 Å². The number of hydrogen-bond acceptors (Lipinski definition) is 4. The second kappa shape index (κ2) is 8.45. The van der Waals surface area contributed by atoms with Gasteiger partial charge < -0.3 is 21.1 Å². The van der Waals surface area contributed by atoms with E-state index < -0.39 is 0 Å². The fourth-order valence-electron chi connectivity index (χ4n) is 2.54. The summed E-state index contributed by atoms with van der Waals surface area (Å²) < 4.78 is 4.90. The normalized spacial score (nSPS) is 25.7. The molecule has 5 nitrogen and oxygen atoms in total. The van der Waals surface area contributed by atoms with Gasteiger partial charge in [0.2, 0.25) is 5.91 Å². The van der Waals surface area contributed by atoms with Gasteiger partial charge in [0.25, 0.3) is 0 Å². The summed E-state index contributed by atoms with van der Waals surface area (Å²) in [6.07, 6.45) is 4.78. The minimum atomic E-state index is -0.168. The van der Waals surface area contributed by atoms with E-state index in [-0.39, 0.29) is 11.9 Å². The van der Waals surface area contributed by atoms with Gasteiger partial charge >= 0.3 is 0 Å². The molecule has 5 heteroatoms. The Morgan fingerprint density at radius 1 is 1.44 bits per heavy atom. The second-order valence-electron chi connectivity index (χ2n) is 5.06. The smallest absolute Gasteiger partial charge is 0.236 e. The maximum Gasteiger partial charge on any atom is 0.236 e. The predicted molar refractivity (Wildman–Crippen MR) is 72.3 cm³/mol. The van der Waals surface area contributed by atoms with E-state index >= 15 is 0 Å². The van der Waals surface area contributed by atoms with Crippen LogP contribution in [0.3, 0.4) is 0 Å². The molecule has 1 aliphatic rings. The zero-order valence-electron chi connectivity index (χ0n) is 11.6. The Morgan fingerprint density at radius 2 is 2.17 bits per heavy atom. The third kappa shape index (κ3) is 4.92. The molecule has 0 bridgehead atoms. The van der Waals surface area contributed by atoms with Crippen molar-refractivity contribution >= 4 is 5.91 Å². The molecule has 1 fully saturated rings. The number of carbonyl (C=O) groups excluding carboxylic acids is 1. The number of nitrogens with one attached hydrogen (secondary N) is 2. The molecule has 0 aromatic heterocycles. The first kappa shape index (κ1) is 15.4. The molecule has 1 aliphatic carbocycles. The number of ether oxygens (including phenoxy) is 1. The Kier molecular flexibility index (Phi) is 7.23. The summed E-state index contributed by atoms with van der Waals surface area (Å²) in [6, 6.07) is 0.214. The molecule has 106 valence electrons. The second-order valence-corrected chi connectivity index (χ2v) is 5.06. The van der Waals surface area contributed by atoms with E-state index in [0.717, 1.165) is 6.42 Å². The van der Waals surface area contributed by atoms with Crippen molar-refractivity contribution in [1.29, 1.82) is 0 Å². The molecule has 0 aromatic carbocycles. The lowest BCUT2D eigenvalue weighted by Gasteiger charge is -2.33. The van der Waals surface area contributed by atoms with E-state index in [9.17, 15) is 4.79 Å². The van der Waals surface area contributed by atoms with Crippen LogP contribution in [0.1, 0.15) is 32.6 Å². The van der Waals surface area contributed by atoms with Crippen molar-refractivity contribution in [3.63, 3.8) is 0 Å². The molecule has 0 heterocycles. The molecule has 0 radical (unpaired) electrons. The number of rotatable bonds is 7. The summed E-state index contributed by atoms with van der Waals surface area (Å²) in [5, 5.41) is 6.26. The minimum absolute atomic E-state index is 0.0356. The van der Waals surface area contributed by atoms with Crippen molar-refractivity contribution in [3.05, 3.63) is 0 Å². The van der Waals surface area contributed by atoms with Crippen LogP contribution in [0.4, 0.5) is 0 Å². The highest BCUT2D eigenvalue weighted by atomic mass is 16.5. The van der Waals surface area contributed by atoms with Crippen LogP contribution >= 0.6 is 0 Å². The van der Waals surface area contributed by atoms with Crippen LogP contribution < -0.4 is 16.4 Å².